The highest BCUT2D eigenvalue weighted by molar-refractivity contribution is 6.09. The zero-order valence-corrected chi connectivity index (χ0v) is 11.6. The highest BCUT2D eigenvalue weighted by Gasteiger charge is 2.45. The van der Waals surface area contributed by atoms with Crippen LogP contribution in [0.1, 0.15) is 38.7 Å². The van der Waals surface area contributed by atoms with Gasteiger partial charge in [-0.3, -0.25) is 15.1 Å². The standard InChI is InChI=1S/C15H21N3O/c1-3-10-15(12-8-6-5-7-9-12)13(19)17-14(18-15)16-11-4-2/h5-9H,3-4,10-11H2,1-2H3,(H2,16,17,18,19). The van der Waals surface area contributed by atoms with Gasteiger partial charge in [0.15, 0.2) is 5.96 Å². The summed E-state index contributed by atoms with van der Waals surface area (Å²) in [6.07, 6.45) is 2.65. The van der Waals surface area contributed by atoms with E-state index in [9.17, 15) is 4.79 Å². The molecule has 0 aliphatic carbocycles. The molecule has 1 aliphatic heterocycles. The Labute approximate surface area is 114 Å². The lowest BCUT2D eigenvalue weighted by Crippen LogP contribution is -2.43. The Bertz CT molecular complexity index is 470. The van der Waals surface area contributed by atoms with Crippen molar-refractivity contribution < 1.29 is 4.79 Å². The maximum Gasteiger partial charge on any atom is 0.257 e. The van der Waals surface area contributed by atoms with Gasteiger partial charge in [-0.15, -0.1) is 0 Å². The molecule has 1 amide bonds. The molecule has 1 saturated heterocycles. The first-order valence-electron chi connectivity index (χ1n) is 6.92. The predicted molar refractivity (Wildman–Crippen MR) is 76.9 cm³/mol. The Morgan fingerprint density at radius 2 is 1.89 bits per heavy atom. The van der Waals surface area contributed by atoms with Crippen LogP contribution in [0.25, 0.3) is 0 Å². The van der Waals surface area contributed by atoms with Gasteiger partial charge in [0.1, 0.15) is 5.54 Å². The second-order valence-corrected chi connectivity index (χ2v) is 4.83. The van der Waals surface area contributed by atoms with Crippen molar-refractivity contribution in [3.05, 3.63) is 35.9 Å². The molecule has 0 spiro atoms. The average Bonchev–Trinajstić information content (AvgIpc) is 2.75. The molecule has 1 aliphatic rings. The minimum absolute atomic E-state index is 0.00426. The summed E-state index contributed by atoms with van der Waals surface area (Å²) < 4.78 is 0. The summed E-state index contributed by atoms with van der Waals surface area (Å²) >= 11 is 0. The number of amides is 1. The van der Waals surface area contributed by atoms with Crippen molar-refractivity contribution in [3.8, 4) is 0 Å². The molecule has 1 aromatic rings. The van der Waals surface area contributed by atoms with Gasteiger partial charge in [-0.05, 0) is 18.4 Å². The normalized spacial score (nSPS) is 24.3. The summed E-state index contributed by atoms with van der Waals surface area (Å²) in [6.45, 7) is 4.87. The van der Waals surface area contributed by atoms with E-state index in [0.29, 0.717) is 5.96 Å². The van der Waals surface area contributed by atoms with E-state index in [1.54, 1.807) is 0 Å². The van der Waals surface area contributed by atoms with Gasteiger partial charge in [0.05, 0.1) is 0 Å². The van der Waals surface area contributed by atoms with E-state index in [2.05, 4.69) is 29.5 Å². The molecule has 1 unspecified atom stereocenters. The first kappa shape index (κ1) is 13.6. The second-order valence-electron chi connectivity index (χ2n) is 4.83. The molecule has 1 atom stereocenters. The van der Waals surface area contributed by atoms with Crippen LogP contribution in [0.15, 0.2) is 35.3 Å². The van der Waals surface area contributed by atoms with E-state index in [1.165, 1.54) is 0 Å². The molecule has 4 nitrogen and oxygen atoms in total. The Hall–Kier alpha value is -1.84. The van der Waals surface area contributed by atoms with E-state index in [4.69, 9.17) is 0 Å². The molecule has 0 bridgehead atoms. The second kappa shape index (κ2) is 5.87. The summed E-state index contributed by atoms with van der Waals surface area (Å²) in [6, 6.07) is 9.86. The lowest BCUT2D eigenvalue weighted by molar-refractivity contribution is -0.124. The summed E-state index contributed by atoms with van der Waals surface area (Å²) in [4.78, 5) is 16.8. The van der Waals surface area contributed by atoms with E-state index >= 15 is 0 Å². The Morgan fingerprint density at radius 1 is 1.16 bits per heavy atom. The van der Waals surface area contributed by atoms with E-state index < -0.39 is 5.54 Å². The Morgan fingerprint density at radius 3 is 2.53 bits per heavy atom. The fraction of sp³-hybridized carbons (Fsp3) is 0.467. The number of guanidine groups is 1. The van der Waals surface area contributed by atoms with Gasteiger partial charge in [0.25, 0.3) is 5.91 Å². The van der Waals surface area contributed by atoms with Crippen molar-refractivity contribution >= 4 is 11.9 Å². The van der Waals surface area contributed by atoms with Crippen LogP contribution in [0.5, 0.6) is 0 Å². The van der Waals surface area contributed by atoms with Crippen LogP contribution in [0, 0.1) is 0 Å². The first-order valence-corrected chi connectivity index (χ1v) is 6.92. The highest BCUT2D eigenvalue weighted by atomic mass is 16.2. The molecule has 1 aromatic carbocycles. The van der Waals surface area contributed by atoms with Crippen molar-refractivity contribution in [2.75, 3.05) is 6.54 Å². The van der Waals surface area contributed by atoms with Crippen molar-refractivity contribution in [1.82, 2.24) is 10.6 Å². The molecule has 19 heavy (non-hydrogen) atoms. The van der Waals surface area contributed by atoms with Gasteiger partial charge in [-0.1, -0.05) is 50.6 Å². The third kappa shape index (κ3) is 2.62. The zero-order valence-electron chi connectivity index (χ0n) is 11.6. The molecule has 1 heterocycles. The molecular formula is C15H21N3O. The van der Waals surface area contributed by atoms with Crippen molar-refractivity contribution in [3.63, 3.8) is 0 Å². The molecule has 2 N–H and O–H groups in total. The minimum Gasteiger partial charge on any atom is -0.338 e. The monoisotopic (exact) mass is 259 g/mol. The Balaban J connectivity index is 2.33. The lowest BCUT2D eigenvalue weighted by Gasteiger charge is -2.26. The molecule has 102 valence electrons. The summed E-state index contributed by atoms with van der Waals surface area (Å²) in [5.74, 6) is 0.597. The van der Waals surface area contributed by atoms with Gasteiger partial charge < -0.3 is 5.32 Å². The van der Waals surface area contributed by atoms with Crippen LogP contribution < -0.4 is 10.6 Å². The third-order valence-electron chi connectivity index (χ3n) is 3.34. The maximum absolute atomic E-state index is 12.4. The number of aliphatic imine (C=N–C) groups is 1. The fourth-order valence-electron chi connectivity index (χ4n) is 2.43. The van der Waals surface area contributed by atoms with Gasteiger partial charge in [-0.2, -0.15) is 0 Å². The molecular weight excluding hydrogens is 238 g/mol. The largest absolute Gasteiger partial charge is 0.338 e. The topological polar surface area (TPSA) is 53.5 Å². The van der Waals surface area contributed by atoms with Gasteiger partial charge >= 0.3 is 0 Å². The number of carbonyl (C=O) groups excluding carboxylic acids is 1. The van der Waals surface area contributed by atoms with Gasteiger partial charge in [0.2, 0.25) is 0 Å². The predicted octanol–water partition coefficient (Wildman–Crippen LogP) is 2.17. The number of rotatable bonds is 5. The number of benzene rings is 1. The highest BCUT2D eigenvalue weighted by Crippen LogP contribution is 2.29. The van der Waals surface area contributed by atoms with Crippen molar-refractivity contribution in [2.24, 2.45) is 4.99 Å². The van der Waals surface area contributed by atoms with Gasteiger partial charge in [0, 0.05) is 6.54 Å². The Kier molecular flexibility index (Phi) is 4.20. The SMILES string of the molecule is CCCN=C1NC(=O)C(CCC)(c2ccccc2)N1. The van der Waals surface area contributed by atoms with Gasteiger partial charge in [-0.25, -0.2) is 0 Å². The molecule has 0 radical (unpaired) electrons. The maximum atomic E-state index is 12.4. The molecule has 0 saturated carbocycles. The number of hydrogen-bond acceptors (Lipinski definition) is 2. The number of carbonyl (C=O) groups is 1. The van der Waals surface area contributed by atoms with Crippen LogP contribution in [0.3, 0.4) is 0 Å². The first-order chi connectivity index (χ1) is 9.23. The van der Waals surface area contributed by atoms with Crippen LogP contribution in [0.2, 0.25) is 0 Å². The van der Waals surface area contributed by atoms with Crippen LogP contribution in [-0.2, 0) is 10.3 Å². The van der Waals surface area contributed by atoms with Crippen molar-refractivity contribution in [2.45, 2.75) is 38.6 Å². The van der Waals surface area contributed by atoms with E-state index in [-0.39, 0.29) is 5.91 Å². The lowest BCUT2D eigenvalue weighted by atomic mass is 9.86. The van der Waals surface area contributed by atoms with Crippen LogP contribution in [-0.4, -0.2) is 18.4 Å². The number of nitrogens with one attached hydrogen (secondary N) is 2. The number of hydrogen-bond donors (Lipinski definition) is 2. The van der Waals surface area contributed by atoms with Crippen molar-refractivity contribution in [1.29, 1.82) is 0 Å². The zero-order chi connectivity index (χ0) is 13.7. The summed E-state index contributed by atoms with van der Waals surface area (Å²) in [5, 5.41) is 6.16. The summed E-state index contributed by atoms with van der Waals surface area (Å²) in [7, 11) is 0. The fourth-order valence-corrected chi connectivity index (χ4v) is 2.43. The van der Waals surface area contributed by atoms with Crippen LogP contribution in [0.4, 0.5) is 0 Å². The summed E-state index contributed by atoms with van der Waals surface area (Å²) in [5.41, 5.74) is 0.332. The van der Waals surface area contributed by atoms with Crippen LogP contribution >= 0.6 is 0 Å². The van der Waals surface area contributed by atoms with E-state index in [1.807, 2.05) is 30.3 Å². The smallest absolute Gasteiger partial charge is 0.257 e. The number of nitrogens with zero attached hydrogens (tertiary/aromatic N) is 1. The molecule has 4 heteroatoms. The molecule has 0 aromatic heterocycles. The molecule has 1 fully saturated rings. The third-order valence-corrected chi connectivity index (χ3v) is 3.34. The molecule has 2 rings (SSSR count). The minimum atomic E-state index is -0.664. The average molecular weight is 259 g/mol. The van der Waals surface area contributed by atoms with E-state index in [0.717, 1.165) is 31.4 Å². The quantitative estimate of drug-likeness (QED) is 0.851.